The maximum Gasteiger partial charge on any atom is 0.125 e. The number of nitrogens with zero attached hydrogens (tertiary/aromatic N) is 1. The van der Waals surface area contributed by atoms with Gasteiger partial charge in [-0.2, -0.15) is 0 Å². The van der Waals surface area contributed by atoms with E-state index in [0.717, 1.165) is 15.0 Å². The first-order chi connectivity index (χ1) is 6.27. The van der Waals surface area contributed by atoms with Crippen molar-refractivity contribution in [2.24, 2.45) is 0 Å². The van der Waals surface area contributed by atoms with Gasteiger partial charge >= 0.3 is 0 Å². The highest BCUT2D eigenvalue weighted by atomic mass is 79.9. The Hall–Kier alpha value is -0.380. The minimum Gasteiger partial charge on any atom is -0.243 e. The van der Waals surface area contributed by atoms with Gasteiger partial charge in [-0.3, -0.25) is 0 Å². The number of hydrogen-bond donors (Lipinski definition) is 0. The fraction of sp³-hybridized carbons (Fsp3) is 0. The van der Waals surface area contributed by atoms with Crippen LogP contribution in [0.3, 0.4) is 0 Å². The Balaban J connectivity index is 2.52. The lowest BCUT2D eigenvalue weighted by Crippen LogP contribution is -1.75. The minimum atomic E-state index is 0.714. The second-order valence-electron chi connectivity index (χ2n) is 2.45. The molecule has 0 amide bonds. The maximum atomic E-state index is 5.80. The third kappa shape index (κ3) is 1.93. The van der Waals surface area contributed by atoms with Crippen LogP contribution in [-0.4, -0.2) is 4.98 Å². The molecule has 0 aliphatic carbocycles. The highest BCUT2D eigenvalue weighted by Crippen LogP contribution is 2.32. The van der Waals surface area contributed by atoms with Crippen LogP contribution in [0.15, 0.2) is 34.9 Å². The van der Waals surface area contributed by atoms with Gasteiger partial charge in [0.2, 0.25) is 0 Å². The van der Waals surface area contributed by atoms with Crippen molar-refractivity contribution in [3.63, 3.8) is 0 Å². The smallest absolute Gasteiger partial charge is 0.125 e. The van der Waals surface area contributed by atoms with E-state index < -0.39 is 0 Å². The Morgan fingerprint density at radius 2 is 2.08 bits per heavy atom. The lowest BCUT2D eigenvalue weighted by molar-refractivity contribution is 1.41. The van der Waals surface area contributed by atoms with E-state index in [0.29, 0.717) is 4.34 Å². The van der Waals surface area contributed by atoms with Crippen LogP contribution in [0, 0.1) is 0 Å². The molecule has 1 nitrogen and oxygen atoms in total. The molecule has 0 aliphatic heterocycles. The lowest BCUT2D eigenvalue weighted by atomic mass is 10.2. The number of thiazole rings is 1. The molecule has 2 rings (SSSR count). The summed E-state index contributed by atoms with van der Waals surface area (Å²) in [7, 11) is 0. The van der Waals surface area contributed by atoms with Crippen molar-refractivity contribution in [3.8, 4) is 10.6 Å². The first-order valence-corrected chi connectivity index (χ1v) is 5.62. The Bertz CT molecular complexity index is 427. The van der Waals surface area contributed by atoms with Crippen molar-refractivity contribution in [3.05, 3.63) is 39.3 Å². The van der Waals surface area contributed by atoms with Gasteiger partial charge in [-0.15, -0.1) is 11.3 Å². The van der Waals surface area contributed by atoms with Gasteiger partial charge in [0.05, 0.1) is 6.20 Å². The fourth-order valence-electron chi connectivity index (χ4n) is 1.01. The molecule has 0 unspecified atom stereocenters. The quantitative estimate of drug-likeness (QED) is 0.758. The minimum absolute atomic E-state index is 0.714. The van der Waals surface area contributed by atoms with Gasteiger partial charge in [0, 0.05) is 10.0 Å². The van der Waals surface area contributed by atoms with E-state index in [1.54, 1.807) is 6.20 Å². The van der Waals surface area contributed by atoms with E-state index in [2.05, 4.69) is 20.9 Å². The van der Waals surface area contributed by atoms with Crippen molar-refractivity contribution >= 4 is 38.9 Å². The summed E-state index contributed by atoms with van der Waals surface area (Å²) in [4.78, 5) is 4.20. The SMILES string of the molecule is Clc1cnc(-c2ccccc2Br)s1. The Morgan fingerprint density at radius 3 is 2.69 bits per heavy atom. The monoisotopic (exact) mass is 273 g/mol. The summed E-state index contributed by atoms with van der Waals surface area (Å²) in [5.74, 6) is 0. The molecule has 0 aliphatic rings. The Morgan fingerprint density at radius 1 is 1.31 bits per heavy atom. The van der Waals surface area contributed by atoms with Gasteiger partial charge in [0.25, 0.3) is 0 Å². The van der Waals surface area contributed by atoms with Crippen LogP contribution in [-0.2, 0) is 0 Å². The summed E-state index contributed by atoms with van der Waals surface area (Å²) in [5.41, 5.74) is 1.08. The Labute approximate surface area is 93.5 Å². The molecule has 66 valence electrons. The summed E-state index contributed by atoms with van der Waals surface area (Å²) < 4.78 is 1.76. The fourth-order valence-corrected chi connectivity index (χ4v) is 2.57. The number of halogens is 2. The predicted molar refractivity (Wildman–Crippen MR) is 60.3 cm³/mol. The first-order valence-electron chi connectivity index (χ1n) is 3.63. The van der Waals surface area contributed by atoms with E-state index >= 15 is 0 Å². The van der Waals surface area contributed by atoms with Crippen molar-refractivity contribution < 1.29 is 0 Å². The standard InChI is InChI=1S/C9H5BrClNS/c10-7-4-2-1-3-6(7)9-12-5-8(11)13-9/h1-5H. The first kappa shape index (κ1) is 9.19. The molecule has 1 aromatic carbocycles. The zero-order chi connectivity index (χ0) is 9.26. The highest BCUT2D eigenvalue weighted by molar-refractivity contribution is 9.10. The molecule has 13 heavy (non-hydrogen) atoms. The zero-order valence-corrected chi connectivity index (χ0v) is 9.66. The van der Waals surface area contributed by atoms with Gasteiger partial charge in [0.15, 0.2) is 0 Å². The van der Waals surface area contributed by atoms with E-state index in [1.165, 1.54) is 11.3 Å². The Kier molecular flexibility index (Phi) is 2.67. The molecular weight excluding hydrogens is 270 g/mol. The van der Waals surface area contributed by atoms with E-state index in [9.17, 15) is 0 Å². The van der Waals surface area contributed by atoms with Crippen LogP contribution in [0.25, 0.3) is 10.6 Å². The number of aromatic nitrogens is 1. The van der Waals surface area contributed by atoms with Crippen LogP contribution in [0.5, 0.6) is 0 Å². The van der Waals surface area contributed by atoms with Crippen LogP contribution < -0.4 is 0 Å². The molecule has 0 atom stereocenters. The van der Waals surface area contributed by atoms with E-state index in [1.807, 2.05) is 24.3 Å². The third-order valence-corrected chi connectivity index (χ3v) is 3.42. The van der Waals surface area contributed by atoms with Crippen LogP contribution >= 0.6 is 38.9 Å². The van der Waals surface area contributed by atoms with Gasteiger partial charge < -0.3 is 0 Å². The highest BCUT2D eigenvalue weighted by Gasteiger charge is 2.05. The zero-order valence-electron chi connectivity index (χ0n) is 6.50. The summed E-state index contributed by atoms with van der Waals surface area (Å²) in [5, 5.41) is 0.942. The summed E-state index contributed by atoms with van der Waals surface area (Å²) >= 11 is 10.7. The molecule has 0 bridgehead atoms. The molecule has 0 saturated carbocycles. The molecule has 0 radical (unpaired) electrons. The van der Waals surface area contributed by atoms with Crippen molar-refractivity contribution in [1.29, 1.82) is 0 Å². The molecule has 0 fully saturated rings. The second kappa shape index (κ2) is 3.78. The van der Waals surface area contributed by atoms with Crippen molar-refractivity contribution in [1.82, 2.24) is 4.98 Å². The lowest BCUT2D eigenvalue weighted by Gasteiger charge is -1.97. The van der Waals surface area contributed by atoms with Crippen molar-refractivity contribution in [2.45, 2.75) is 0 Å². The van der Waals surface area contributed by atoms with Crippen LogP contribution in [0.2, 0.25) is 4.34 Å². The maximum absolute atomic E-state index is 5.80. The van der Waals surface area contributed by atoms with Gasteiger partial charge in [-0.05, 0) is 6.07 Å². The van der Waals surface area contributed by atoms with Crippen LogP contribution in [0.4, 0.5) is 0 Å². The molecule has 1 aromatic heterocycles. The molecule has 0 saturated heterocycles. The van der Waals surface area contributed by atoms with Crippen molar-refractivity contribution in [2.75, 3.05) is 0 Å². The van der Waals surface area contributed by atoms with Gasteiger partial charge in [-0.25, -0.2) is 4.98 Å². The third-order valence-electron chi connectivity index (χ3n) is 1.58. The second-order valence-corrected chi connectivity index (χ2v) is 4.97. The topological polar surface area (TPSA) is 12.9 Å². The summed E-state index contributed by atoms with van der Waals surface area (Å²) in [6.07, 6.45) is 1.67. The largest absolute Gasteiger partial charge is 0.243 e. The number of benzene rings is 1. The molecule has 1 heterocycles. The van der Waals surface area contributed by atoms with E-state index in [4.69, 9.17) is 11.6 Å². The normalized spacial score (nSPS) is 10.3. The number of rotatable bonds is 1. The molecular formula is C9H5BrClNS. The number of hydrogen-bond acceptors (Lipinski definition) is 2. The molecule has 0 N–H and O–H groups in total. The molecule has 2 aromatic rings. The average molecular weight is 275 g/mol. The average Bonchev–Trinajstić information content (AvgIpc) is 2.53. The predicted octanol–water partition coefficient (Wildman–Crippen LogP) is 4.23. The summed E-state index contributed by atoms with van der Waals surface area (Å²) in [6, 6.07) is 7.96. The molecule has 4 heteroatoms. The van der Waals surface area contributed by atoms with Gasteiger partial charge in [0.1, 0.15) is 9.34 Å². The van der Waals surface area contributed by atoms with Crippen LogP contribution in [0.1, 0.15) is 0 Å². The van der Waals surface area contributed by atoms with E-state index in [-0.39, 0.29) is 0 Å². The molecule has 0 spiro atoms. The summed E-state index contributed by atoms with van der Waals surface area (Å²) in [6.45, 7) is 0. The van der Waals surface area contributed by atoms with Gasteiger partial charge in [-0.1, -0.05) is 45.7 Å².